The van der Waals surface area contributed by atoms with Crippen molar-refractivity contribution in [1.82, 2.24) is 25.1 Å². The quantitative estimate of drug-likeness (QED) is 0.314. The second-order valence-electron chi connectivity index (χ2n) is 9.16. The summed E-state index contributed by atoms with van der Waals surface area (Å²) >= 11 is 0. The minimum Gasteiger partial charge on any atom is -0.497 e. The molecular weight excluding hydrogens is 490 g/mol. The summed E-state index contributed by atoms with van der Waals surface area (Å²) in [7, 11) is -0.130. The van der Waals surface area contributed by atoms with Gasteiger partial charge in [-0.3, -0.25) is 9.82 Å². The number of likely N-dealkylation sites (N-methyl/N-ethyl adjacent to an activating group) is 1. The maximum absolute atomic E-state index is 13.0. The van der Waals surface area contributed by atoms with Crippen LogP contribution in [0.15, 0.2) is 65.6 Å². The third kappa shape index (κ3) is 4.36. The minimum absolute atomic E-state index is 0.137. The molecule has 10 nitrogen and oxygen atoms in total. The molecule has 1 aliphatic rings. The summed E-state index contributed by atoms with van der Waals surface area (Å²) in [6.45, 7) is 4.05. The molecule has 3 aromatic carbocycles. The van der Waals surface area contributed by atoms with Gasteiger partial charge in [-0.05, 0) is 55.6 Å². The molecule has 3 N–H and O–H groups in total. The van der Waals surface area contributed by atoms with Gasteiger partial charge in [0, 0.05) is 37.3 Å². The number of sulfonamides is 1. The first-order chi connectivity index (χ1) is 17.9. The average Bonchev–Trinajstić information content (AvgIpc) is 3.53. The van der Waals surface area contributed by atoms with Crippen LogP contribution in [0.4, 0.5) is 11.4 Å². The third-order valence-electron chi connectivity index (χ3n) is 6.77. The van der Waals surface area contributed by atoms with Gasteiger partial charge in [0.1, 0.15) is 11.4 Å². The van der Waals surface area contributed by atoms with Gasteiger partial charge in [0.25, 0.3) is 10.0 Å². The normalized spacial score (nSPS) is 14.9. The molecule has 1 fully saturated rings. The first-order valence-electron chi connectivity index (χ1n) is 12.0. The molecule has 190 valence electrons. The lowest BCUT2D eigenvalue weighted by atomic mass is 10.2. The predicted octanol–water partition coefficient (Wildman–Crippen LogP) is 3.67. The molecule has 1 aliphatic heterocycles. The van der Waals surface area contributed by atoms with Crippen molar-refractivity contribution in [2.24, 2.45) is 0 Å². The largest absolute Gasteiger partial charge is 0.497 e. The van der Waals surface area contributed by atoms with Crippen LogP contribution in [0.3, 0.4) is 0 Å². The number of piperazine rings is 1. The van der Waals surface area contributed by atoms with Crippen molar-refractivity contribution >= 4 is 43.3 Å². The number of benzene rings is 3. The number of H-pyrrole nitrogens is 2. The van der Waals surface area contributed by atoms with Crippen molar-refractivity contribution in [1.29, 1.82) is 0 Å². The zero-order valence-corrected chi connectivity index (χ0v) is 21.3. The highest BCUT2D eigenvalue weighted by atomic mass is 32.2. The number of ether oxygens (including phenoxy) is 1. The van der Waals surface area contributed by atoms with E-state index in [9.17, 15) is 8.42 Å². The second-order valence-corrected chi connectivity index (χ2v) is 10.8. The van der Waals surface area contributed by atoms with Crippen molar-refractivity contribution in [3.8, 4) is 17.3 Å². The van der Waals surface area contributed by atoms with Gasteiger partial charge in [0.05, 0.1) is 34.2 Å². The molecule has 0 radical (unpaired) electrons. The number of fused-ring (bicyclic) bond motifs is 2. The van der Waals surface area contributed by atoms with Crippen LogP contribution < -0.4 is 14.4 Å². The van der Waals surface area contributed by atoms with Crippen LogP contribution >= 0.6 is 0 Å². The molecule has 0 bridgehead atoms. The molecule has 0 aliphatic carbocycles. The van der Waals surface area contributed by atoms with Crippen LogP contribution in [0.25, 0.3) is 33.5 Å². The van der Waals surface area contributed by atoms with Gasteiger partial charge in [0.2, 0.25) is 0 Å². The van der Waals surface area contributed by atoms with Crippen molar-refractivity contribution in [2.45, 2.75) is 4.90 Å². The molecule has 0 unspecified atom stereocenters. The van der Waals surface area contributed by atoms with E-state index in [4.69, 9.17) is 9.72 Å². The lowest BCUT2D eigenvalue weighted by Gasteiger charge is -2.34. The smallest absolute Gasteiger partial charge is 0.261 e. The number of nitrogens with zero attached hydrogens (tertiary/aromatic N) is 4. The minimum atomic E-state index is -3.81. The van der Waals surface area contributed by atoms with E-state index in [0.717, 1.165) is 48.3 Å². The number of methoxy groups -OCH3 is 1. The molecule has 3 heterocycles. The summed E-state index contributed by atoms with van der Waals surface area (Å²) in [5, 5.41) is 8.23. The van der Waals surface area contributed by atoms with E-state index >= 15 is 0 Å². The van der Waals surface area contributed by atoms with Crippen molar-refractivity contribution in [3.63, 3.8) is 0 Å². The molecule has 0 saturated carbocycles. The predicted molar refractivity (Wildman–Crippen MR) is 145 cm³/mol. The molecule has 2 aromatic heterocycles. The zero-order chi connectivity index (χ0) is 25.6. The number of hydrogen-bond donors (Lipinski definition) is 3. The number of aromatic nitrogens is 4. The van der Waals surface area contributed by atoms with Gasteiger partial charge in [0.15, 0.2) is 5.82 Å². The lowest BCUT2D eigenvalue weighted by molar-refractivity contribution is 0.313. The Hall–Kier alpha value is -4.09. The molecular formula is C26H27N7O3S. The van der Waals surface area contributed by atoms with E-state index in [1.807, 2.05) is 12.1 Å². The van der Waals surface area contributed by atoms with Gasteiger partial charge >= 0.3 is 0 Å². The van der Waals surface area contributed by atoms with Crippen LogP contribution in [0.1, 0.15) is 0 Å². The van der Waals surface area contributed by atoms with Crippen molar-refractivity contribution in [2.75, 3.05) is 50.0 Å². The Morgan fingerprint density at radius 1 is 1.00 bits per heavy atom. The van der Waals surface area contributed by atoms with Gasteiger partial charge in [-0.25, -0.2) is 13.4 Å². The monoisotopic (exact) mass is 517 g/mol. The van der Waals surface area contributed by atoms with Crippen molar-refractivity contribution in [3.05, 3.63) is 60.7 Å². The van der Waals surface area contributed by atoms with Crippen LogP contribution in [-0.4, -0.2) is 73.8 Å². The van der Waals surface area contributed by atoms with Gasteiger partial charge in [-0.2, -0.15) is 5.10 Å². The molecule has 6 rings (SSSR count). The number of nitrogens with one attached hydrogen (secondary N) is 3. The number of rotatable bonds is 6. The zero-order valence-electron chi connectivity index (χ0n) is 20.5. The molecule has 37 heavy (non-hydrogen) atoms. The Bertz CT molecular complexity index is 1680. The first kappa shape index (κ1) is 23.3. The van der Waals surface area contributed by atoms with Crippen LogP contribution in [-0.2, 0) is 10.0 Å². The number of hydrogen-bond acceptors (Lipinski definition) is 7. The molecule has 5 aromatic rings. The number of aromatic amines is 2. The highest BCUT2D eigenvalue weighted by Gasteiger charge is 2.20. The Kier molecular flexibility index (Phi) is 5.73. The molecule has 11 heteroatoms. The maximum Gasteiger partial charge on any atom is 0.261 e. The first-order valence-corrected chi connectivity index (χ1v) is 13.5. The standard InChI is InChI=1S/C26H27N7O3S/c1-32-12-14-33(15-13-32)17-6-11-21-23(16-17)28-26(27-21)25-20-4-3-5-22(24(20)29-30-25)31-37(34,35)19-9-7-18(36-2)8-10-19/h3-11,16,31H,12-15H2,1-2H3,(H,27,28)(H,29,30). The summed E-state index contributed by atoms with van der Waals surface area (Å²) in [6, 6.07) is 17.9. The fraction of sp³-hybridized carbons (Fsp3) is 0.231. The number of imidazole rings is 1. The van der Waals surface area contributed by atoms with Gasteiger partial charge < -0.3 is 19.5 Å². The van der Waals surface area contributed by atoms with E-state index < -0.39 is 10.0 Å². The Morgan fingerprint density at radius 2 is 1.78 bits per heavy atom. The van der Waals surface area contributed by atoms with E-state index in [0.29, 0.717) is 28.5 Å². The lowest BCUT2D eigenvalue weighted by Crippen LogP contribution is -2.44. The highest BCUT2D eigenvalue weighted by Crippen LogP contribution is 2.32. The highest BCUT2D eigenvalue weighted by molar-refractivity contribution is 7.92. The van der Waals surface area contributed by atoms with E-state index in [1.165, 1.54) is 19.2 Å². The summed E-state index contributed by atoms with van der Waals surface area (Å²) in [4.78, 5) is 13.0. The Labute approximate surface area is 214 Å². The molecule has 0 spiro atoms. The summed E-state index contributed by atoms with van der Waals surface area (Å²) in [6.07, 6.45) is 0. The number of anilines is 2. The van der Waals surface area contributed by atoms with Crippen LogP contribution in [0.2, 0.25) is 0 Å². The van der Waals surface area contributed by atoms with Crippen LogP contribution in [0, 0.1) is 0 Å². The summed E-state index contributed by atoms with van der Waals surface area (Å²) in [5.74, 6) is 1.20. The van der Waals surface area contributed by atoms with E-state index in [1.54, 1.807) is 24.3 Å². The van der Waals surface area contributed by atoms with E-state index in [2.05, 4.69) is 48.9 Å². The Balaban J connectivity index is 1.31. The van der Waals surface area contributed by atoms with Gasteiger partial charge in [-0.1, -0.05) is 12.1 Å². The summed E-state index contributed by atoms with van der Waals surface area (Å²) in [5.41, 5.74) is 4.55. The van der Waals surface area contributed by atoms with Crippen molar-refractivity contribution < 1.29 is 13.2 Å². The maximum atomic E-state index is 13.0. The average molecular weight is 518 g/mol. The third-order valence-corrected chi connectivity index (χ3v) is 8.15. The molecule has 0 amide bonds. The molecule has 0 atom stereocenters. The number of para-hydroxylation sites is 1. The molecule has 1 saturated heterocycles. The summed E-state index contributed by atoms with van der Waals surface area (Å²) < 4.78 is 33.8. The Morgan fingerprint density at radius 3 is 2.54 bits per heavy atom. The fourth-order valence-electron chi connectivity index (χ4n) is 4.64. The second kappa shape index (κ2) is 9.09. The SMILES string of the molecule is COc1ccc(S(=O)(=O)Nc2cccc3c(-c4nc5ccc(N6CCN(C)CC6)cc5[nH]4)n[nH]c23)cc1. The van der Waals surface area contributed by atoms with Crippen LogP contribution in [0.5, 0.6) is 5.75 Å². The fourth-order valence-corrected chi connectivity index (χ4v) is 5.71. The van der Waals surface area contributed by atoms with E-state index in [-0.39, 0.29) is 4.90 Å². The topological polar surface area (TPSA) is 119 Å². The van der Waals surface area contributed by atoms with Gasteiger partial charge in [-0.15, -0.1) is 0 Å².